The highest BCUT2D eigenvalue weighted by atomic mass is 79.9. The zero-order valence-corrected chi connectivity index (χ0v) is 18.8. The van der Waals surface area contributed by atoms with Gasteiger partial charge in [-0.15, -0.1) is 11.3 Å². The molecule has 0 bridgehead atoms. The van der Waals surface area contributed by atoms with E-state index in [0.717, 1.165) is 15.0 Å². The van der Waals surface area contributed by atoms with Gasteiger partial charge in [0.25, 0.3) is 11.8 Å². The molecule has 1 aromatic heterocycles. The lowest BCUT2D eigenvalue weighted by Gasteiger charge is -2.29. The van der Waals surface area contributed by atoms with Crippen LogP contribution >= 0.6 is 27.3 Å². The fourth-order valence-corrected chi connectivity index (χ4v) is 4.22. The molecular formula is C20H22BrN3O4S. The minimum Gasteiger partial charge on any atom is -0.370 e. The number of ether oxygens (including phenoxy) is 1. The smallest absolute Gasteiger partial charge is 0.262 e. The molecule has 1 fully saturated rings. The third kappa shape index (κ3) is 5.04. The van der Waals surface area contributed by atoms with Crippen LogP contribution in [0.3, 0.4) is 0 Å². The molecule has 9 heteroatoms. The normalized spacial score (nSPS) is 14.6. The van der Waals surface area contributed by atoms with Crippen molar-refractivity contribution in [1.29, 1.82) is 0 Å². The highest BCUT2D eigenvalue weighted by Crippen LogP contribution is 2.26. The number of carbonyl (C=O) groups is 3. The van der Waals surface area contributed by atoms with Gasteiger partial charge in [0.1, 0.15) is 12.1 Å². The van der Waals surface area contributed by atoms with Crippen LogP contribution in [-0.4, -0.2) is 43.0 Å². The number of halogens is 1. The summed E-state index contributed by atoms with van der Waals surface area (Å²) >= 11 is 4.63. The second-order valence-electron chi connectivity index (χ2n) is 7.24. The van der Waals surface area contributed by atoms with Gasteiger partial charge < -0.3 is 20.3 Å². The molecule has 2 aromatic rings. The van der Waals surface area contributed by atoms with E-state index in [0.29, 0.717) is 23.7 Å². The summed E-state index contributed by atoms with van der Waals surface area (Å²) < 4.78 is 6.01. The van der Waals surface area contributed by atoms with Crippen molar-refractivity contribution < 1.29 is 19.1 Å². The molecule has 1 aliphatic rings. The molecule has 1 aliphatic heterocycles. The lowest BCUT2D eigenvalue weighted by Crippen LogP contribution is -2.52. The van der Waals surface area contributed by atoms with Crippen LogP contribution in [0.1, 0.15) is 29.1 Å². The molecule has 29 heavy (non-hydrogen) atoms. The summed E-state index contributed by atoms with van der Waals surface area (Å²) in [7, 11) is 0. The van der Waals surface area contributed by atoms with E-state index in [2.05, 4.69) is 26.6 Å². The maximum Gasteiger partial charge on any atom is 0.262 e. The lowest BCUT2D eigenvalue weighted by molar-refractivity contribution is -0.125. The Balaban J connectivity index is 1.68. The molecule has 0 atom stereocenters. The molecule has 3 amide bonds. The van der Waals surface area contributed by atoms with E-state index in [1.807, 2.05) is 19.1 Å². The molecule has 1 aromatic carbocycles. The van der Waals surface area contributed by atoms with Crippen molar-refractivity contribution in [2.24, 2.45) is 0 Å². The Kier molecular flexibility index (Phi) is 6.40. The van der Waals surface area contributed by atoms with E-state index >= 15 is 0 Å². The number of nitrogens with zero attached hydrogens (tertiary/aromatic N) is 1. The van der Waals surface area contributed by atoms with Gasteiger partial charge in [-0.25, -0.2) is 0 Å². The van der Waals surface area contributed by atoms with Crippen molar-refractivity contribution in [1.82, 2.24) is 5.32 Å². The Labute approximate surface area is 181 Å². The van der Waals surface area contributed by atoms with Gasteiger partial charge in [-0.2, -0.15) is 0 Å². The Hall–Kier alpha value is -2.23. The van der Waals surface area contributed by atoms with Crippen LogP contribution in [0.5, 0.6) is 0 Å². The Morgan fingerprint density at radius 1 is 1.24 bits per heavy atom. The topological polar surface area (TPSA) is 87.7 Å². The SMILES string of the molecule is Cc1cc(NC(=O)C(C)(C)NC(=O)c2ccc(Br)s2)ccc1N1CCOCC1=O. The number of morpholine rings is 1. The summed E-state index contributed by atoms with van der Waals surface area (Å²) in [5, 5.41) is 5.60. The van der Waals surface area contributed by atoms with Crippen LogP contribution in [0.15, 0.2) is 34.1 Å². The third-order valence-electron chi connectivity index (χ3n) is 4.52. The number of aryl methyl sites for hydroxylation is 1. The second-order valence-corrected chi connectivity index (χ2v) is 9.70. The van der Waals surface area contributed by atoms with Crippen LogP contribution in [0.2, 0.25) is 0 Å². The van der Waals surface area contributed by atoms with Crippen molar-refractivity contribution in [2.75, 3.05) is 30.0 Å². The number of hydrogen-bond donors (Lipinski definition) is 2. The molecule has 2 N–H and O–H groups in total. The van der Waals surface area contributed by atoms with E-state index in [1.54, 1.807) is 36.9 Å². The van der Waals surface area contributed by atoms with Crippen molar-refractivity contribution in [2.45, 2.75) is 26.3 Å². The van der Waals surface area contributed by atoms with Crippen molar-refractivity contribution >= 4 is 56.4 Å². The van der Waals surface area contributed by atoms with E-state index < -0.39 is 5.54 Å². The molecule has 154 valence electrons. The summed E-state index contributed by atoms with van der Waals surface area (Å²) in [6.07, 6.45) is 0. The summed E-state index contributed by atoms with van der Waals surface area (Å²) in [5.41, 5.74) is 1.15. The molecule has 2 heterocycles. The van der Waals surface area contributed by atoms with Gasteiger partial charge >= 0.3 is 0 Å². The zero-order chi connectivity index (χ0) is 21.2. The quantitative estimate of drug-likeness (QED) is 0.688. The molecule has 0 unspecified atom stereocenters. The number of amides is 3. The van der Waals surface area contributed by atoms with E-state index in [1.165, 1.54) is 11.3 Å². The predicted octanol–water partition coefficient (Wildman–Crippen LogP) is 3.33. The standard InChI is InChI=1S/C20H22BrN3O4S/c1-12-10-13(4-5-14(12)24-8-9-28-11-17(24)25)22-19(27)20(2,3)23-18(26)15-6-7-16(21)29-15/h4-7,10H,8-9,11H2,1-3H3,(H,22,27)(H,23,26). The zero-order valence-electron chi connectivity index (χ0n) is 16.4. The minimum absolute atomic E-state index is 0.0760. The molecule has 7 nitrogen and oxygen atoms in total. The van der Waals surface area contributed by atoms with Gasteiger partial charge in [0.05, 0.1) is 15.3 Å². The van der Waals surface area contributed by atoms with E-state index in [9.17, 15) is 14.4 Å². The maximum absolute atomic E-state index is 12.7. The van der Waals surface area contributed by atoms with E-state index in [4.69, 9.17) is 4.74 Å². The Bertz CT molecular complexity index is 957. The summed E-state index contributed by atoms with van der Waals surface area (Å²) in [6, 6.07) is 8.85. The first-order valence-corrected chi connectivity index (χ1v) is 10.7. The molecule has 0 saturated carbocycles. The number of nitrogens with one attached hydrogen (secondary N) is 2. The minimum atomic E-state index is -1.11. The second kappa shape index (κ2) is 8.64. The number of hydrogen-bond acceptors (Lipinski definition) is 5. The van der Waals surface area contributed by atoms with Crippen LogP contribution in [0.25, 0.3) is 0 Å². The van der Waals surface area contributed by atoms with Gasteiger partial charge in [0, 0.05) is 17.9 Å². The summed E-state index contributed by atoms with van der Waals surface area (Å²) in [4.78, 5) is 39.4. The van der Waals surface area contributed by atoms with Crippen molar-refractivity contribution in [3.63, 3.8) is 0 Å². The van der Waals surface area contributed by atoms with Crippen molar-refractivity contribution in [3.05, 3.63) is 44.6 Å². The number of benzene rings is 1. The lowest BCUT2D eigenvalue weighted by atomic mass is 10.0. The van der Waals surface area contributed by atoms with Gasteiger partial charge in [-0.05, 0) is 72.6 Å². The summed E-state index contributed by atoms with van der Waals surface area (Å²) in [5.74, 6) is -0.727. The number of thiophene rings is 1. The van der Waals surface area contributed by atoms with Crippen LogP contribution in [-0.2, 0) is 14.3 Å². The number of rotatable bonds is 5. The van der Waals surface area contributed by atoms with Crippen LogP contribution in [0, 0.1) is 6.92 Å². The highest BCUT2D eigenvalue weighted by molar-refractivity contribution is 9.11. The first-order chi connectivity index (χ1) is 13.7. The fourth-order valence-electron chi connectivity index (χ4n) is 2.93. The molecule has 0 aliphatic carbocycles. The molecule has 0 spiro atoms. The van der Waals surface area contributed by atoms with E-state index in [-0.39, 0.29) is 24.3 Å². The van der Waals surface area contributed by atoms with Gasteiger partial charge in [-0.3, -0.25) is 14.4 Å². The highest BCUT2D eigenvalue weighted by Gasteiger charge is 2.30. The van der Waals surface area contributed by atoms with Gasteiger partial charge in [0.15, 0.2) is 0 Å². The monoisotopic (exact) mass is 479 g/mol. The molecule has 0 radical (unpaired) electrons. The average Bonchev–Trinajstić information content (AvgIpc) is 3.09. The largest absolute Gasteiger partial charge is 0.370 e. The van der Waals surface area contributed by atoms with Crippen LogP contribution < -0.4 is 15.5 Å². The fraction of sp³-hybridized carbons (Fsp3) is 0.350. The molecular weight excluding hydrogens is 458 g/mol. The predicted molar refractivity (Wildman–Crippen MR) is 117 cm³/mol. The first-order valence-electron chi connectivity index (χ1n) is 9.05. The van der Waals surface area contributed by atoms with Gasteiger partial charge in [-0.1, -0.05) is 0 Å². The molecule has 3 rings (SSSR count). The average molecular weight is 480 g/mol. The number of anilines is 2. The third-order valence-corrected chi connectivity index (χ3v) is 6.14. The van der Waals surface area contributed by atoms with Crippen molar-refractivity contribution in [3.8, 4) is 0 Å². The Morgan fingerprint density at radius 3 is 2.62 bits per heavy atom. The summed E-state index contributed by atoms with van der Waals surface area (Å²) in [6.45, 7) is 6.26. The number of carbonyl (C=O) groups excluding carboxylic acids is 3. The molecule has 1 saturated heterocycles. The maximum atomic E-state index is 12.7. The first kappa shape index (κ1) is 21.5. The van der Waals surface area contributed by atoms with Crippen LogP contribution in [0.4, 0.5) is 11.4 Å². The Morgan fingerprint density at radius 2 is 2.00 bits per heavy atom. The van der Waals surface area contributed by atoms with Gasteiger partial charge in [0.2, 0.25) is 5.91 Å².